The third kappa shape index (κ3) is 3.84. The van der Waals surface area contributed by atoms with E-state index in [2.05, 4.69) is 15.0 Å². The third-order valence-electron chi connectivity index (χ3n) is 1.99. The molecule has 17 heavy (non-hydrogen) atoms. The van der Waals surface area contributed by atoms with Crippen molar-refractivity contribution in [2.24, 2.45) is 5.73 Å². The number of aromatic nitrogens is 1. The van der Waals surface area contributed by atoms with Crippen LogP contribution in [0, 0.1) is 6.92 Å². The second kappa shape index (κ2) is 5.95. The van der Waals surface area contributed by atoms with E-state index < -0.39 is 17.9 Å². The molecule has 0 aliphatic heterocycles. The van der Waals surface area contributed by atoms with Gasteiger partial charge in [-0.2, -0.15) is 0 Å². The third-order valence-corrected chi connectivity index (χ3v) is 1.99. The summed E-state index contributed by atoms with van der Waals surface area (Å²) >= 11 is 0. The molecular weight excluding hydrogens is 222 g/mol. The van der Waals surface area contributed by atoms with Crippen LogP contribution < -0.4 is 11.1 Å². The van der Waals surface area contributed by atoms with Crippen molar-refractivity contribution in [3.63, 3.8) is 0 Å². The standard InChI is InChI=1S/C11H15N3O3/c1-3-17-11(16)9(12)10(15)14-8-4-5-13-7(2)6-8/h4-6,9H,3,12H2,1-2H3,(H,13,14,15). The fourth-order valence-corrected chi connectivity index (χ4v) is 1.18. The first kappa shape index (κ1) is 13.1. The molecule has 92 valence electrons. The molecule has 1 heterocycles. The number of ether oxygens (including phenoxy) is 1. The van der Waals surface area contributed by atoms with E-state index in [4.69, 9.17) is 5.73 Å². The Hall–Kier alpha value is -1.95. The van der Waals surface area contributed by atoms with E-state index in [1.54, 1.807) is 32.2 Å². The van der Waals surface area contributed by atoms with Crippen LogP contribution in [0.25, 0.3) is 0 Å². The zero-order valence-corrected chi connectivity index (χ0v) is 9.77. The zero-order chi connectivity index (χ0) is 12.8. The van der Waals surface area contributed by atoms with Crippen LogP contribution in [0.1, 0.15) is 12.6 Å². The van der Waals surface area contributed by atoms with Crippen molar-refractivity contribution in [1.82, 2.24) is 4.98 Å². The van der Waals surface area contributed by atoms with E-state index in [9.17, 15) is 9.59 Å². The van der Waals surface area contributed by atoms with Crippen LogP contribution in [0.2, 0.25) is 0 Å². The van der Waals surface area contributed by atoms with Gasteiger partial charge in [-0.15, -0.1) is 0 Å². The number of hydrogen-bond donors (Lipinski definition) is 2. The van der Waals surface area contributed by atoms with Crippen LogP contribution in [-0.4, -0.2) is 29.5 Å². The number of anilines is 1. The van der Waals surface area contributed by atoms with Gasteiger partial charge in [0.05, 0.1) is 6.61 Å². The minimum Gasteiger partial charge on any atom is -0.464 e. The Morgan fingerprint density at radius 1 is 1.59 bits per heavy atom. The molecule has 3 N–H and O–H groups in total. The van der Waals surface area contributed by atoms with Gasteiger partial charge >= 0.3 is 5.97 Å². The van der Waals surface area contributed by atoms with Gasteiger partial charge in [0.2, 0.25) is 0 Å². The smallest absolute Gasteiger partial charge is 0.332 e. The van der Waals surface area contributed by atoms with Gasteiger partial charge in [-0.05, 0) is 26.0 Å². The van der Waals surface area contributed by atoms with Crippen molar-refractivity contribution in [2.45, 2.75) is 19.9 Å². The molecule has 0 saturated carbocycles. The summed E-state index contributed by atoms with van der Waals surface area (Å²) in [5.41, 5.74) is 6.73. The summed E-state index contributed by atoms with van der Waals surface area (Å²) < 4.78 is 4.65. The van der Waals surface area contributed by atoms with Gasteiger partial charge in [0.25, 0.3) is 5.91 Å². The highest BCUT2D eigenvalue weighted by atomic mass is 16.5. The molecule has 1 amide bonds. The monoisotopic (exact) mass is 237 g/mol. The van der Waals surface area contributed by atoms with E-state index in [0.29, 0.717) is 5.69 Å². The molecule has 0 spiro atoms. The van der Waals surface area contributed by atoms with Gasteiger partial charge in [0.15, 0.2) is 6.04 Å². The molecule has 1 rings (SSSR count). The fraction of sp³-hybridized carbons (Fsp3) is 0.364. The topological polar surface area (TPSA) is 94.3 Å². The van der Waals surface area contributed by atoms with Crippen molar-refractivity contribution in [3.8, 4) is 0 Å². The summed E-state index contributed by atoms with van der Waals surface area (Å²) in [4.78, 5) is 26.8. The van der Waals surface area contributed by atoms with Crippen LogP contribution >= 0.6 is 0 Å². The van der Waals surface area contributed by atoms with Crippen LogP contribution in [0.3, 0.4) is 0 Å². The molecule has 1 aromatic rings. The number of nitrogens with zero attached hydrogens (tertiary/aromatic N) is 1. The lowest BCUT2D eigenvalue weighted by molar-refractivity contribution is -0.146. The highest BCUT2D eigenvalue weighted by molar-refractivity contribution is 6.08. The summed E-state index contributed by atoms with van der Waals surface area (Å²) in [7, 11) is 0. The molecule has 1 aromatic heterocycles. The molecule has 0 radical (unpaired) electrons. The van der Waals surface area contributed by atoms with E-state index in [-0.39, 0.29) is 6.61 Å². The lowest BCUT2D eigenvalue weighted by atomic mass is 10.2. The lowest BCUT2D eigenvalue weighted by Crippen LogP contribution is -2.43. The van der Waals surface area contributed by atoms with Crippen LogP contribution in [-0.2, 0) is 14.3 Å². The number of rotatable bonds is 4. The predicted molar refractivity (Wildman–Crippen MR) is 62.2 cm³/mol. The SMILES string of the molecule is CCOC(=O)C(N)C(=O)Nc1ccnc(C)c1. The van der Waals surface area contributed by atoms with Crippen molar-refractivity contribution < 1.29 is 14.3 Å². The normalized spacial score (nSPS) is 11.7. The first-order valence-corrected chi connectivity index (χ1v) is 5.20. The Kier molecular flexibility index (Phi) is 4.59. The quantitative estimate of drug-likeness (QED) is 0.577. The Bertz CT molecular complexity index is 420. The maximum absolute atomic E-state index is 11.6. The molecule has 0 aromatic carbocycles. The molecule has 0 saturated heterocycles. The predicted octanol–water partition coefficient (Wildman–Crippen LogP) is 0.219. The summed E-state index contributed by atoms with van der Waals surface area (Å²) in [6.45, 7) is 3.63. The number of aryl methyl sites for hydroxylation is 1. The van der Waals surface area contributed by atoms with E-state index in [1.165, 1.54) is 0 Å². The van der Waals surface area contributed by atoms with Crippen LogP contribution in [0.5, 0.6) is 0 Å². The minimum absolute atomic E-state index is 0.189. The van der Waals surface area contributed by atoms with Crippen molar-refractivity contribution in [2.75, 3.05) is 11.9 Å². The number of hydrogen-bond acceptors (Lipinski definition) is 5. The van der Waals surface area contributed by atoms with Gasteiger partial charge in [0, 0.05) is 17.6 Å². The summed E-state index contributed by atoms with van der Waals surface area (Å²) in [6.07, 6.45) is 1.56. The van der Waals surface area contributed by atoms with E-state index >= 15 is 0 Å². The maximum Gasteiger partial charge on any atom is 0.332 e. The van der Waals surface area contributed by atoms with E-state index in [0.717, 1.165) is 5.69 Å². The molecule has 1 unspecified atom stereocenters. The van der Waals surface area contributed by atoms with Gasteiger partial charge in [-0.3, -0.25) is 9.78 Å². The molecule has 1 atom stereocenters. The number of pyridine rings is 1. The number of nitrogens with one attached hydrogen (secondary N) is 1. The minimum atomic E-state index is -1.32. The number of amides is 1. The van der Waals surface area contributed by atoms with E-state index in [1.807, 2.05) is 0 Å². The van der Waals surface area contributed by atoms with Crippen LogP contribution in [0.4, 0.5) is 5.69 Å². The first-order chi connectivity index (χ1) is 8.04. The molecule has 0 bridgehead atoms. The maximum atomic E-state index is 11.6. The molecule has 0 fully saturated rings. The Morgan fingerprint density at radius 3 is 2.88 bits per heavy atom. The highest BCUT2D eigenvalue weighted by Gasteiger charge is 2.23. The molecular formula is C11H15N3O3. The number of nitrogens with two attached hydrogens (primary N) is 1. The van der Waals surface area contributed by atoms with Gasteiger partial charge in [0.1, 0.15) is 0 Å². The number of carbonyl (C=O) groups excluding carboxylic acids is 2. The van der Waals surface area contributed by atoms with Gasteiger partial charge in [-0.25, -0.2) is 4.79 Å². The average Bonchev–Trinajstić information content (AvgIpc) is 2.28. The van der Waals surface area contributed by atoms with Crippen LogP contribution in [0.15, 0.2) is 18.3 Å². The van der Waals surface area contributed by atoms with Crippen molar-refractivity contribution in [1.29, 1.82) is 0 Å². The number of carbonyl (C=O) groups is 2. The Labute approximate surface area is 99.2 Å². The number of esters is 1. The van der Waals surface area contributed by atoms with Gasteiger partial charge < -0.3 is 15.8 Å². The molecule has 6 heteroatoms. The second-order valence-electron chi connectivity index (χ2n) is 3.40. The fourth-order valence-electron chi connectivity index (χ4n) is 1.18. The van der Waals surface area contributed by atoms with Crippen molar-refractivity contribution in [3.05, 3.63) is 24.0 Å². The largest absolute Gasteiger partial charge is 0.464 e. The van der Waals surface area contributed by atoms with Gasteiger partial charge in [-0.1, -0.05) is 0 Å². The Morgan fingerprint density at radius 2 is 2.29 bits per heavy atom. The summed E-state index contributed by atoms with van der Waals surface area (Å²) in [5.74, 6) is -1.34. The molecule has 0 aliphatic rings. The zero-order valence-electron chi connectivity index (χ0n) is 9.77. The first-order valence-electron chi connectivity index (χ1n) is 5.20. The summed E-state index contributed by atoms with van der Waals surface area (Å²) in [6, 6.07) is 1.97. The second-order valence-corrected chi connectivity index (χ2v) is 3.40. The molecule has 6 nitrogen and oxygen atoms in total. The highest BCUT2D eigenvalue weighted by Crippen LogP contribution is 2.07. The summed E-state index contributed by atoms with van der Waals surface area (Å²) in [5, 5.41) is 2.52. The Balaban J connectivity index is 2.63. The van der Waals surface area contributed by atoms with Crippen molar-refractivity contribution >= 4 is 17.6 Å². The molecule has 0 aliphatic carbocycles. The average molecular weight is 237 g/mol. The lowest BCUT2D eigenvalue weighted by Gasteiger charge is -2.11.